The Balaban J connectivity index is 2.92. The summed E-state index contributed by atoms with van der Waals surface area (Å²) in [6, 6.07) is 2.53. The van der Waals surface area contributed by atoms with Crippen LogP contribution in [-0.4, -0.2) is 27.7 Å². The molecule has 0 radical (unpaired) electrons. The van der Waals surface area contributed by atoms with Crippen molar-refractivity contribution >= 4 is 75.3 Å². The summed E-state index contributed by atoms with van der Waals surface area (Å²) in [4.78, 5) is 11.1. The SMILES string of the molecule is O=C(CF)N[C@@H](NC(=S)Nc1cc(C(F)(F)F)ccc1Cl)C(Cl)(Cl)Cl. The van der Waals surface area contributed by atoms with Gasteiger partial charge >= 0.3 is 6.18 Å². The zero-order valence-electron chi connectivity index (χ0n) is 11.9. The summed E-state index contributed by atoms with van der Waals surface area (Å²) in [6.45, 7) is -1.38. The monoisotopic (exact) mass is 459 g/mol. The van der Waals surface area contributed by atoms with E-state index in [1.807, 2.05) is 5.32 Å². The fourth-order valence-corrected chi connectivity index (χ4v) is 2.21. The Morgan fingerprint density at radius 3 is 2.28 bits per heavy atom. The molecule has 1 aromatic carbocycles. The molecule has 0 aliphatic carbocycles. The van der Waals surface area contributed by atoms with Gasteiger partial charge in [0.2, 0.25) is 3.79 Å². The standard InChI is InChI=1S/C12H9Cl4F4N3OS/c13-6-2-1-5(12(18,19)20)3-7(6)21-10(25)23-9(11(14,15)16)22-8(24)4-17/h1-3,9H,4H2,(H,22,24)(H2,21,23,25)/t9-/m0/s1. The van der Waals surface area contributed by atoms with Gasteiger partial charge in [-0.3, -0.25) is 4.79 Å². The predicted octanol–water partition coefficient (Wildman–Crippen LogP) is 4.43. The van der Waals surface area contributed by atoms with E-state index in [9.17, 15) is 22.4 Å². The lowest BCUT2D eigenvalue weighted by Gasteiger charge is -2.27. The van der Waals surface area contributed by atoms with E-state index in [1.54, 1.807) is 0 Å². The van der Waals surface area contributed by atoms with Gasteiger partial charge in [0, 0.05) is 0 Å². The van der Waals surface area contributed by atoms with E-state index in [-0.39, 0.29) is 15.8 Å². The molecule has 0 bridgehead atoms. The number of hydrogen-bond acceptors (Lipinski definition) is 2. The van der Waals surface area contributed by atoms with E-state index in [0.29, 0.717) is 0 Å². The van der Waals surface area contributed by atoms with Gasteiger partial charge in [-0.05, 0) is 30.4 Å². The van der Waals surface area contributed by atoms with Gasteiger partial charge in [0.1, 0.15) is 6.17 Å². The molecule has 0 heterocycles. The minimum atomic E-state index is -4.59. The summed E-state index contributed by atoms with van der Waals surface area (Å²) in [5, 5.41) is 6.36. The molecule has 0 fully saturated rings. The number of carbonyl (C=O) groups is 1. The first-order valence-electron chi connectivity index (χ1n) is 6.21. The van der Waals surface area contributed by atoms with E-state index in [0.717, 1.165) is 18.2 Å². The number of amides is 1. The first-order chi connectivity index (χ1) is 11.3. The van der Waals surface area contributed by atoms with Crippen LogP contribution in [0.4, 0.5) is 23.2 Å². The minimum Gasteiger partial charge on any atom is -0.339 e. The van der Waals surface area contributed by atoms with Gasteiger partial charge in [-0.15, -0.1) is 0 Å². The van der Waals surface area contributed by atoms with Crippen molar-refractivity contribution in [2.24, 2.45) is 0 Å². The molecule has 4 nitrogen and oxygen atoms in total. The number of thiocarbonyl (C=S) groups is 1. The Morgan fingerprint density at radius 2 is 1.80 bits per heavy atom. The third-order valence-electron chi connectivity index (χ3n) is 2.57. The number of alkyl halides is 7. The van der Waals surface area contributed by atoms with Gasteiger partial charge in [0.15, 0.2) is 11.8 Å². The Morgan fingerprint density at radius 1 is 1.20 bits per heavy atom. The van der Waals surface area contributed by atoms with Gasteiger partial charge < -0.3 is 16.0 Å². The number of rotatable bonds is 4. The smallest absolute Gasteiger partial charge is 0.339 e. The van der Waals surface area contributed by atoms with Crippen LogP contribution >= 0.6 is 58.6 Å². The fourth-order valence-electron chi connectivity index (χ4n) is 1.49. The summed E-state index contributed by atoms with van der Waals surface area (Å²) < 4.78 is 48.3. The van der Waals surface area contributed by atoms with Gasteiger partial charge in [0.05, 0.1) is 16.3 Å². The maximum Gasteiger partial charge on any atom is 0.416 e. The molecule has 13 heteroatoms. The zero-order chi connectivity index (χ0) is 19.4. The molecule has 1 atom stereocenters. The van der Waals surface area contributed by atoms with Crippen LogP contribution in [0.3, 0.4) is 0 Å². The van der Waals surface area contributed by atoms with E-state index in [4.69, 9.17) is 58.6 Å². The largest absolute Gasteiger partial charge is 0.416 e. The first kappa shape index (κ1) is 22.3. The third-order valence-corrected chi connectivity index (χ3v) is 3.78. The molecular weight excluding hydrogens is 452 g/mol. The Hall–Kier alpha value is -0.740. The number of benzene rings is 1. The minimum absolute atomic E-state index is 0.0598. The number of anilines is 1. The van der Waals surface area contributed by atoms with Crippen LogP contribution in [0.5, 0.6) is 0 Å². The van der Waals surface area contributed by atoms with Crippen molar-refractivity contribution in [3.05, 3.63) is 28.8 Å². The van der Waals surface area contributed by atoms with Crippen molar-refractivity contribution in [1.29, 1.82) is 0 Å². The molecule has 1 amide bonds. The second-order valence-corrected chi connectivity index (χ2v) is 7.65. The molecule has 1 rings (SSSR count). The molecule has 0 spiro atoms. The van der Waals surface area contributed by atoms with E-state index in [2.05, 4.69) is 10.6 Å². The van der Waals surface area contributed by atoms with Crippen molar-refractivity contribution in [3.63, 3.8) is 0 Å². The molecule has 25 heavy (non-hydrogen) atoms. The second kappa shape index (κ2) is 8.77. The first-order valence-corrected chi connectivity index (χ1v) is 8.13. The Labute approximate surface area is 165 Å². The van der Waals surface area contributed by atoms with Crippen molar-refractivity contribution in [3.8, 4) is 0 Å². The molecule has 0 saturated carbocycles. The lowest BCUT2D eigenvalue weighted by Crippen LogP contribution is -2.56. The van der Waals surface area contributed by atoms with Crippen LogP contribution in [0.2, 0.25) is 5.02 Å². The third kappa shape index (κ3) is 7.18. The zero-order valence-corrected chi connectivity index (χ0v) is 15.7. The van der Waals surface area contributed by atoms with Gasteiger partial charge in [-0.25, -0.2) is 4.39 Å². The highest BCUT2D eigenvalue weighted by molar-refractivity contribution is 7.80. The van der Waals surface area contributed by atoms with Crippen molar-refractivity contribution in [2.45, 2.75) is 16.1 Å². The molecule has 1 aromatic rings. The van der Waals surface area contributed by atoms with Crippen molar-refractivity contribution in [1.82, 2.24) is 10.6 Å². The summed E-state index contributed by atoms with van der Waals surface area (Å²) in [6.07, 6.45) is -6.05. The number of nitrogens with one attached hydrogen (secondary N) is 3. The van der Waals surface area contributed by atoms with Crippen LogP contribution in [0, 0.1) is 0 Å². The van der Waals surface area contributed by atoms with Gasteiger partial charge in [-0.2, -0.15) is 13.2 Å². The van der Waals surface area contributed by atoms with Gasteiger partial charge in [-0.1, -0.05) is 46.4 Å². The van der Waals surface area contributed by atoms with Crippen LogP contribution < -0.4 is 16.0 Å². The predicted molar refractivity (Wildman–Crippen MR) is 94.0 cm³/mol. The van der Waals surface area contributed by atoms with Crippen molar-refractivity contribution < 1.29 is 22.4 Å². The maximum absolute atomic E-state index is 12.7. The number of hydrogen-bond donors (Lipinski definition) is 3. The Kier molecular flexibility index (Phi) is 7.82. The molecule has 3 N–H and O–H groups in total. The van der Waals surface area contributed by atoms with Crippen LogP contribution in [-0.2, 0) is 11.0 Å². The van der Waals surface area contributed by atoms with Crippen LogP contribution in [0.1, 0.15) is 5.56 Å². The van der Waals surface area contributed by atoms with E-state index in [1.165, 1.54) is 0 Å². The summed E-state index contributed by atoms with van der Waals surface area (Å²) >= 11 is 27.6. The summed E-state index contributed by atoms with van der Waals surface area (Å²) in [7, 11) is 0. The average molecular weight is 461 g/mol. The quantitative estimate of drug-likeness (QED) is 0.269. The van der Waals surface area contributed by atoms with Crippen LogP contribution in [0.15, 0.2) is 18.2 Å². The summed E-state index contributed by atoms with van der Waals surface area (Å²) in [5.74, 6) is -1.09. The summed E-state index contributed by atoms with van der Waals surface area (Å²) in [5.41, 5.74) is -1.14. The number of halogens is 8. The van der Waals surface area contributed by atoms with E-state index >= 15 is 0 Å². The lowest BCUT2D eigenvalue weighted by atomic mass is 10.2. The number of carbonyl (C=O) groups excluding carboxylic acids is 1. The Bertz CT molecular complexity index is 654. The highest BCUT2D eigenvalue weighted by Gasteiger charge is 2.35. The molecule has 0 unspecified atom stereocenters. The molecule has 0 aliphatic rings. The highest BCUT2D eigenvalue weighted by Crippen LogP contribution is 2.34. The highest BCUT2D eigenvalue weighted by atomic mass is 35.6. The molecule has 0 aromatic heterocycles. The molecule has 140 valence electrons. The lowest BCUT2D eigenvalue weighted by molar-refractivity contribution is -0.137. The second-order valence-electron chi connectivity index (χ2n) is 4.47. The normalized spacial score (nSPS) is 13.1. The topological polar surface area (TPSA) is 53.2 Å². The molecular formula is C12H9Cl4F4N3OS. The maximum atomic E-state index is 12.7. The average Bonchev–Trinajstić information content (AvgIpc) is 2.46. The fraction of sp³-hybridized carbons (Fsp3) is 0.333. The van der Waals surface area contributed by atoms with Gasteiger partial charge in [0.25, 0.3) is 5.91 Å². The molecule has 0 saturated heterocycles. The van der Waals surface area contributed by atoms with Crippen LogP contribution in [0.25, 0.3) is 0 Å². The van der Waals surface area contributed by atoms with E-state index < -0.39 is 34.3 Å². The molecule has 0 aliphatic heterocycles. The van der Waals surface area contributed by atoms with Crippen molar-refractivity contribution in [2.75, 3.05) is 12.0 Å².